The molecule has 0 saturated carbocycles. The Morgan fingerprint density at radius 3 is 2.73 bits per heavy atom. The highest BCUT2D eigenvalue weighted by Gasteiger charge is 2.35. The summed E-state index contributed by atoms with van der Waals surface area (Å²) in [6.07, 6.45) is 1.72. The molecule has 1 atom stereocenters. The maximum atomic E-state index is 5.80. The molecule has 1 aromatic rings. The highest BCUT2D eigenvalue weighted by atomic mass is 16.7. The van der Waals surface area contributed by atoms with Crippen LogP contribution in [0.25, 0.3) is 0 Å². The van der Waals surface area contributed by atoms with Gasteiger partial charge in [0, 0.05) is 13.3 Å². The third-order valence-corrected chi connectivity index (χ3v) is 2.59. The molecule has 2 N–H and O–H groups in total. The Labute approximate surface area is 90.2 Å². The van der Waals surface area contributed by atoms with Crippen molar-refractivity contribution in [2.24, 2.45) is 5.73 Å². The summed E-state index contributed by atoms with van der Waals surface area (Å²) in [7, 11) is 0. The van der Waals surface area contributed by atoms with Gasteiger partial charge in [0.25, 0.3) is 0 Å². The Bertz CT molecular complexity index is 365. The first-order valence-electron chi connectivity index (χ1n) is 5.32. The van der Waals surface area contributed by atoms with Crippen LogP contribution in [0.2, 0.25) is 0 Å². The van der Waals surface area contributed by atoms with Gasteiger partial charge in [0.2, 0.25) is 5.79 Å². The lowest BCUT2D eigenvalue weighted by Crippen LogP contribution is -2.35. The van der Waals surface area contributed by atoms with Crippen molar-refractivity contribution in [2.45, 2.75) is 32.5 Å². The molecular formula is C12H17NO2. The van der Waals surface area contributed by atoms with Crippen molar-refractivity contribution < 1.29 is 9.47 Å². The molecule has 1 aliphatic rings. The lowest BCUT2D eigenvalue weighted by atomic mass is 10.2. The van der Waals surface area contributed by atoms with E-state index in [-0.39, 0.29) is 0 Å². The van der Waals surface area contributed by atoms with Gasteiger partial charge in [0.1, 0.15) is 0 Å². The van der Waals surface area contributed by atoms with Crippen molar-refractivity contribution in [3.05, 3.63) is 23.8 Å². The minimum atomic E-state index is -0.532. The highest BCUT2D eigenvalue weighted by Crippen LogP contribution is 2.41. The number of hydrogen-bond donors (Lipinski definition) is 1. The Morgan fingerprint density at radius 2 is 2.00 bits per heavy atom. The molecule has 3 heteroatoms. The molecule has 0 aromatic heterocycles. The summed E-state index contributed by atoms with van der Waals surface area (Å²) in [4.78, 5) is 0. The molecule has 2 rings (SSSR count). The van der Waals surface area contributed by atoms with Crippen molar-refractivity contribution in [3.8, 4) is 11.5 Å². The van der Waals surface area contributed by atoms with E-state index in [4.69, 9.17) is 15.2 Å². The van der Waals surface area contributed by atoms with E-state index in [0.29, 0.717) is 6.54 Å². The summed E-state index contributed by atoms with van der Waals surface area (Å²) < 4.78 is 11.6. The number of nitrogens with two attached hydrogens (primary N) is 1. The molecule has 0 amide bonds. The van der Waals surface area contributed by atoms with Gasteiger partial charge in [-0.05, 0) is 37.6 Å². The monoisotopic (exact) mass is 207 g/mol. The van der Waals surface area contributed by atoms with Gasteiger partial charge in [-0.3, -0.25) is 0 Å². The van der Waals surface area contributed by atoms with Crippen LogP contribution in [0.4, 0.5) is 0 Å². The lowest BCUT2D eigenvalue weighted by Gasteiger charge is -2.22. The third kappa shape index (κ3) is 2.07. The van der Waals surface area contributed by atoms with E-state index >= 15 is 0 Å². The van der Waals surface area contributed by atoms with E-state index in [1.165, 1.54) is 5.56 Å². The second kappa shape index (κ2) is 3.74. The van der Waals surface area contributed by atoms with Crippen molar-refractivity contribution in [2.75, 3.05) is 6.54 Å². The number of hydrogen-bond acceptors (Lipinski definition) is 3. The van der Waals surface area contributed by atoms with Gasteiger partial charge < -0.3 is 15.2 Å². The fourth-order valence-electron chi connectivity index (χ4n) is 1.79. The van der Waals surface area contributed by atoms with Crippen LogP contribution in [0.1, 0.15) is 25.3 Å². The molecule has 3 nitrogen and oxygen atoms in total. The number of fused-ring (bicyclic) bond motifs is 1. The third-order valence-electron chi connectivity index (χ3n) is 2.59. The van der Waals surface area contributed by atoms with Crippen molar-refractivity contribution in [3.63, 3.8) is 0 Å². The molecule has 1 unspecified atom stereocenters. The van der Waals surface area contributed by atoms with Gasteiger partial charge in [-0.15, -0.1) is 0 Å². The SMILES string of the molecule is Cc1ccc2c(c1)OC(C)(CCCN)O2. The van der Waals surface area contributed by atoms with Crippen LogP contribution in [0.3, 0.4) is 0 Å². The average molecular weight is 207 g/mol. The van der Waals surface area contributed by atoms with Crippen LogP contribution in [0.5, 0.6) is 11.5 Å². The molecule has 1 heterocycles. The van der Waals surface area contributed by atoms with Gasteiger partial charge in [0.15, 0.2) is 11.5 Å². The molecule has 0 aliphatic carbocycles. The zero-order chi connectivity index (χ0) is 10.9. The Morgan fingerprint density at radius 1 is 1.27 bits per heavy atom. The predicted molar refractivity (Wildman–Crippen MR) is 59.1 cm³/mol. The fourth-order valence-corrected chi connectivity index (χ4v) is 1.79. The number of benzene rings is 1. The smallest absolute Gasteiger partial charge is 0.248 e. The van der Waals surface area contributed by atoms with E-state index in [1.54, 1.807) is 0 Å². The van der Waals surface area contributed by atoms with Crippen LogP contribution in [0.15, 0.2) is 18.2 Å². The van der Waals surface area contributed by atoms with E-state index < -0.39 is 5.79 Å². The molecule has 15 heavy (non-hydrogen) atoms. The van der Waals surface area contributed by atoms with Gasteiger partial charge in [-0.1, -0.05) is 6.07 Å². The van der Waals surface area contributed by atoms with Gasteiger partial charge >= 0.3 is 0 Å². The predicted octanol–water partition coefficient (Wildman–Crippen LogP) is 2.22. The molecule has 82 valence electrons. The summed E-state index contributed by atoms with van der Waals surface area (Å²) in [5.41, 5.74) is 6.66. The highest BCUT2D eigenvalue weighted by molar-refractivity contribution is 5.45. The molecule has 1 aromatic carbocycles. The van der Waals surface area contributed by atoms with Crippen LogP contribution in [-0.2, 0) is 0 Å². The fraction of sp³-hybridized carbons (Fsp3) is 0.500. The van der Waals surface area contributed by atoms with Crippen molar-refractivity contribution >= 4 is 0 Å². The topological polar surface area (TPSA) is 44.5 Å². The second-order valence-electron chi connectivity index (χ2n) is 4.18. The molecule has 0 saturated heterocycles. The van der Waals surface area contributed by atoms with E-state index in [1.807, 2.05) is 32.0 Å². The zero-order valence-electron chi connectivity index (χ0n) is 9.25. The molecular weight excluding hydrogens is 190 g/mol. The minimum Gasteiger partial charge on any atom is -0.449 e. The number of aryl methyl sites for hydroxylation is 1. The normalized spacial score (nSPS) is 23.1. The summed E-state index contributed by atoms with van der Waals surface area (Å²) in [6.45, 7) is 4.66. The van der Waals surface area contributed by atoms with Crippen LogP contribution < -0.4 is 15.2 Å². The van der Waals surface area contributed by atoms with E-state index in [2.05, 4.69) is 0 Å². The first-order valence-corrected chi connectivity index (χ1v) is 5.32. The number of rotatable bonds is 3. The van der Waals surface area contributed by atoms with Gasteiger partial charge in [-0.2, -0.15) is 0 Å². The first-order chi connectivity index (χ1) is 7.13. The zero-order valence-corrected chi connectivity index (χ0v) is 9.25. The summed E-state index contributed by atoms with van der Waals surface area (Å²) in [6, 6.07) is 5.98. The number of ether oxygens (including phenoxy) is 2. The average Bonchev–Trinajstić information content (AvgIpc) is 2.51. The van der Waals surface area contributed by atoms with E-state index in [0.717, 1.165) is 24.3 Å². The van der Waals surface area contributed by atoms with Crippen molar-refractivity contribution in [1.29, 1.82) is 0 Å². The quantitative estimate of drug-likeness (QED) is 0.826. The summed E-state index contributed by atoms with van der Waals surface area (Å²) in [5.74, 6) is 1.14. The summed E-state index contributed by atoms with van der Waals surface area (Å²) in [5, 5.41) is 0. The first kappa shape index (κ1) is 10.3. The molecule has 0 radical (unpaired) electrons. The maximum absolute atomic E-state index is 5.80. The van der Waals surface area contributed by atoms with E-state index in [9.17, 15) is 0 Å². The molecule has 0 spiro atoms. The summed E-state index contributed by atoms with van der Waals surface area (Å²) >= 11 is 0. The molecule has 0 bridgehead atoms. The van der Waals surface area contributed by atoms with Gasteiger partial charge in [-0.25, -0.2) is 0 Å². The molecule has 0 fully saturated rings. The Kier molecular flexibility index (Phi) is 2.57. The molecule has 1 aliphatic heterocycles. The van der Waals surface area contributed by atoms with Gasteiger partial charge in [0.05, 0.1) is 0 Å². The largest absolute Gasteiger partial charge is 0.449 e. The Balaban J connectivity index is 2.14. The Hall–Kier alpha value is -1.22. The van der Waals surface area contributed by atoms with Crippen molar-refractivity contribution in [1.82, 2.24) is 0 Å². The maximum Gasteiger partial charge on any atom is 0.248 e. The van der Waals surface area contributed by atoms with Crippen LogP contribution >= 0.6 is 0 Å². The minimum absolute atomic E-state index is 0.532. The second-order valence-corrected chi connectivity index (χ2v) is 4.18. The van der Waals surface area contributed by atoms with Crippen LogP contribution in [-0.4, -0.2) is 12.3 Å². The lowest BCUT2D eigenvalue weighted by molar-refractivity contribution is -0.0688. The standard InChI is InChI=1S/C12H17NO2/c1-9-4-5-10-11(8-9)15-12(2,14-10)6-3-7-13/h4-5,8H,3,6-7,13H2,1-2H3. The van der Waals surface area contributed by atoms with Crippen LogP contribution in [0, 0.1) is 6.92 Å².